The molecule has 0 amide bonds. The van der Waals surface area contributed by atoms with Gasteiger partial charge in [0.15, 0.2) is 5.82 Å². The van der Waals surface area contributed by atoms with Crippen molar-refractivity contribution in [3.8, 4) is 11.6 Å². The molecule has 20 heavy (non-hydrogen) atoms. The van der Waals surface area contributed by atoms with Crippen LogP contribution in [0.4, 0.5) is 5.69 Å². The Balaban J connectivity index is 1.47. The van der Waals surface area contributed by atoms with Crippen LogP contribution in [-0.4, -0.2) is 31.9 Å². The number of anilines is 1. The van der Waals surface area contributed by atoms with Crippen LogP contribution in [0.25, 0.3) is 11.6 Å². The number of rotatable bonds is 6. The van der Waals surface area contributed by atoms with Crippen LogP contribution in [0.2, 0.25) is 0 Å². The van der Waals surface area contributed by atoms with Crippen LogP contribution in [0.3, 0.4) is 0 Å². The number of aryl methyl sites for hydroxylation is 1. The van der Waals surface area contributed by atoms with Gasteiger partial charge in [-0.15, -0.1) is 0 Å². The molecule has 0 aliphatic carbocycles. The minimum atomic E-state index is 0.438. The number of hydrogen-bond donors (Lipinski definition) is 2. The summed E-state index contributed by atoms with van der Waals surface area (Å²) in [6.07, 6.45) is 3.04. The number of hydrogen-bond acceptors (Lipinski definition) is 6. The van der Waals surface area contributed by atoms with Gasteiger partial charge in [0, 0.05) is 18.7 Å². The first-order valence-electron chi connectivity index (χ1n) is 6.39. The maximum Gasteiger partial charge on any atom is 0.239 e. The Bertz CT molecular complexity index is 634. The average molecular weight is 270 g/mol. The highest BCUT2D eigenvalue weighted by Gasteiger charge is 2.10. The van der Waals surface area contributed by atoms with E-state index in [2.05, 4.69) is 30.6 Å². The van der Waals surface area contributed by atoms with E-state index in [0.29, 0.717) is 17.5 Å². The van der Waals surface area contributed by atoms with Gasteiger partial charge in [0.05, 0.1) is 0 Å². The molecule has 3 aromatic rings. The summed E-state index contributed by atoms with van der Waals surface area (Å²) in [4.78, 5) is 8.23. The lowest BCUT2D eigenvalue weighted by Gasteiger charge is -2.03. The van der Waals surface area contributed by atoms with Gasteiger partial charge in [-0.2, -0.15) is 10.1 Å². The summed E-state index contributed by atoms with van der Waals surface area (Å²) in [6.45, 7) is 0.851. The fraction of sp³-hybridized carbons (Fsp3) is 0.231. The molecule has 0 saturated heterocycles. The zero-order valence-electron chi connectivity index (χ0n) is 10.8. The van der Waals surface area contributed by atoms with Gasteiger partial charge in [-0.1, -0.05) is 23.4 Å². The maximum atomic E-state index is 5.16. The minimum absolute atomic E-state index is 0.438. The fourth-order valence-electron chi connectivity index (χ4n) is 1.79. The summed E-state index contributed by atoms with van der Waals surface area (Å²) < 4.78 is 5.16. The predicted molar refractivity (Wildman–Crippen MR) is 72.9 cm³/mol. The Kier molecular flexibility index (Phi) is 3.68. The quantitative estimate of drug-likeness (QED) is 0.664. The second-order valence-corrected chi connectivity index (χ2v) is 4.24. The summed E-state index contributed by atoms with van der Waals surface area (Å²) in [7, 11) is 0. The van der Waals surface area contributed by atoms with Crippen molar-refractivity contribution >= 4 is 5.69 Å². The van der Waals surface area contributed by atoms with Crippen LogP contribution in [0, 0.1) is 0 Å². The number of aromatic nitrogens is 5. The van der Waals surface area contributed by atoms with E-state index in [4.69, 9.17) is 4.52 Å². The Morgan fingerprint density at radius 2 is 2.10 bits per heavy atom. The van der Waals surface area contributed by atoms with Crippen LogP contribution in [0.1, 0.15) is 12.3 Å². The maximum absolute atomic E-state index is 5.16. The van der Waals surface area contributed by atoms with Crippen molar-refractivity contribution in [1.29, 1.82) is 0 Å². The Morgan fingerprint density at radius 3 is 2.90 bits per heavy atom. The van der Waals surface area contributed by atoms with Crippen molar-refractivity contribution in [1.82, 2.24) is 25.3 Å². The van der Waals surface area contributed by atoms with E-state index in [0.717, 1.165) is 25.1 Å². The molecular weight excluding hydrogens is 256 g/mol. The van der Waals surface area contributed by atoms with Gasteiger partial charge >= 0.3 is 0 Å². The van der Waals surface area contributed by atoms with Crippen LogP contribution >= 0.6 is 0 Å². The molecule has 0 spiro atoms. The molecule has 2 aromatic heterocycles. The van der Waals surface area contributed by atoms with Gasteiger partial charge < -0.3 is 9.84 Å². The third-order valence-corrected chi connectivity index (χ3v) is 2.77. The van der Waals surface area contributed by atoms with Crippen LogP contribution in [0.15, 0.2) is 41.2 Å². The number of nitrogens with zero attached hydrogens (tertiary/aromatic N) is 4. The largest absolute Gasteiger partial charge is 0.385 e. The molecule has 0 atom stereocenters. The summed E-state index contributed by atoms with van der Waals surface area (Å²) >= 11 is 0. The van der Waals surface area contributed by atoms with E-state index in [1.807, 2.05) is 30.3 Å². The summed E-state index contributed by atoms with van der Waals surface area (Å²) in [5.74, 6) is 1.56. The molecule has 0 aliphatic rings. The molecule has 7 nitrogen and oxygen atoms in total. The number of para-hydroxylation sites is 1. The van der Waals surface area contributed by atoms with Gasteiger partial charge in [-0.25, -0.2) is 4.98 Å². The monoisotopic (exact) mass is 270 g/mol. The van der Waals surface area contributed by atoms with Crippen molar-refractivity contribution < 1.29 is 4.52 Å². The van der Waals surface area contributed by atoms with E-state index in [-0.39, 0.29) is 0 Å². The zero-order chi connectivity index (χ0) is 13.6. The van der Waals surface area contributed by atoms with E-state index in [1.54, 1.807) is 0 Å². The van der Waals surface area contributed by atoms with Gasteiger partial charge in [-0.05, 0) is 18.6 Å². The Hall–Kier alpha value is -2.70. The normalized spacial score (nSPS) is 10.6. The van der Waals surface area contributed by atoms with Gasteiger partial charge in [0.25, 0.3) is 0 Å². The third kappa shape index (κ3) is 3.00. The number of H-pyrrole nitrogens is 1. The number of aromatic amines is 1. The zero-order valence-corrected chi connectivity index (χ0v) is 10.8. The van der Waals surface area contributed by atoms with Crippen molar-refractivity contribution in [2.75, 3.05) is 11.9 Å². The topological polar surface area (TPSA) is 92.5 Å². The first kappa shape index (κ1) is 12.3. The smallest absolute Gasteiger partial charge is 0.239 e. The fourth-order valence-corrected chi connectivity index (χ4v) is 1.79. The van der Waals surface area contributed by atoms with E-state index in [9.17, 15) is 0 Å². The van der Waals surface area contributed by atoms with Crippen molar-refractivity contribution in [3.05, 3.63) is 42.5 Å². The number of benzene rings is 1. The molecule has 0 fully saturated rings. The molecule has 3 rings (SSSR count). The second-order valence-electron chi connectivity index (χ2n) is 4.24. The minimum Gasteiger partial charge on any atom is -0.385 e. The highest BCUT2D eigenvalue weighted by atomic mass is 16.5. The average Bonchev–Trinajstić information content (AvgIpc) is 3.15. The lowest BCUT2D eigenvalue weighted by Crippen LogP contribution is -2.02. The van der Waals surface area contributed by atoms with Crippen molar-refractivity contribution in [3.63, 3.8) is 0 Å². The van der Waals surface area contributed by atoms with E-state index < -0.39 is 0 Å². The van der Waals surface area contributed by atoms with Crippen LogP contribution in [-0.2, 0) is 6.42 Å². The van der Waals surface area contributed by atoms with Crippen LogP contribution in [0.5, 0.6) is 0 Å². The molecule has 0 unspecified atom stereocenters. The molecule has 7 heteroatoms. The first-order valence-corrected chi connectivity index (χ1v) is 6.39. The van der Waals surface area contributed by atoms with Gasteiger partial charge in [0.2, 0.25) is 11.7 Å². The molecule has 0 bridgehead atoms. The van der Waals surface area contributed by atoms with Crippen molar-refractivity contribution in [2.24, 2.45) is 0 Å². The Morgan fingerprint density at radius 1 is 1.20 bits per heavy atom. The molecule has 102 valence electrons. The second kappa shape index (κ2) is 5.96. The predicted octanol–water partition coefficient (Wildman–Crippen LogP) is 1.90. The molecule has 1 aromatic carbocycles. The molecular formula is C13H14N6O. The molecule has 0 radical (unpaired) electrons. The van der Waals surface area contributed by atoms with Gasteiger partial charge in [-0.3, -0.25) is 5.10 Å². The first-order chi connectivity index (χ1) is 9.92. The molecule has 0 aliphatic heterocycles. The summed E-state index contributed by atoms with van der Waals surface area (Å²) in [6, 6.07) is 10.1. The third-order valence-electron chi connectivity index (χ3n) is 2.77. The summed E-state index contributed by atoms with van der Waals surface area (Å²) in [5, 5.41) is 13.6. The Labute approximate surface area is 115 Å². The van der Waals surface area contributed by atoms with Crippen molar-refractivity contribution in [2.45, 2.75) is 12.8 Å². The molecule has 2 N–H and O–H groups in total. The highest BCUT2D eigenvalue weighted by Crippen LogP contribution is 2.10. The molecule has 0 saturated carbocycles. The summed E-state index contributed by atoms with van der Waals surface area (Å²) in [5.41, 5.74) is 1.11. The van der Waals surface area contributed by atoms with E-state index >= 15 is 0 Å². The SMILES string of the molecule is c1ccc(NCCCc2nc(-c3ncn[nH]3)no2)cc1. The molecule has 2 heterocycles. The standard InChI is InChI=1S/C13H14N6O/c1-2-5-10(6-3-1)14-8-4-7-11-17-13(19-20-11)12-15-9-16-18-12/h1-3,5-6,9,14H,4,7-8H2,(H,15,16,18). The highest BCUT2D eigenvalue weighted by molar-refractivity contribution is 5.42. The lowest BCUT2D eigenvalue weighted by molar-refractivity contribution is 0.377. The van der Waals surface area contributed by atoms with Crippen LogP contribution < -0.4 is 5.32 Å². The van der Waals surface area contributed by atoms with E-state index in [1.165, 1.54) is 6.33 Å². The van der Waals surface area contributed by atoms with Gasteiger partial charge in [0.1, 0.15) is 6.33 Å². The lowest BCUT2D eigenvalue weighted by atomic mass is 10.3. The number of nitrogens with one attached hydrogen (secondary N) is 2.